The number of amides is 3. The number of phenolic OH excluding ortho intramolecular Hbond substituents is 1. The topological polar surface area (TPSA) is 137 Å². The van der Waals surface area contributed by atoms with E-state index in [2.05, 4.69) is 16.1 Å². The highest BCUT2D eigenvalue weighted by molar-refractivity contribution is 5.92. The van der Waals surface area contributed by atoms with E-state index in [1.165, 1.54) is 17.1 Å². The summed E-state index contributed by atoms with van der Waals surface area (Å²) in [5.74, 6) is -1.69. The van der Waals surface area contributed by atoms with Crippen molar-refractivity contribution in [3.05, 3.63) is 54.1 Å². The van der Waals surface area contributed by atoms with Gasteiger partial charge in [-0.25, -0.2) is 5.43 Å². The highest BCUT2D eigenvalue weighted by Gasteiger charge is 2.35. The number of cyclic esters (lactones) is 1. The summed E-state index contributed by atoms with van der Waals surface area (Å²) in [6, 6.07) is 3.99. The fourth-order valence-corrected chi connectivity index (χ4v) is 4.69. The summed E-state index contributed by atoms with van der Waals surface area (Å²) in [6.45, 7) is 4.26. The second-order valence-electron chi connectivity index (χ2n) is 10.6. The molecule has 1 aromatic rings. The fraction of sp³-hybridized carbons (Fsp3) is 0.533. The third-order valence-corrected chi connectivity index (χ3v) is 6.90. The van der Waals surface area contributed by atoms with E-state index < -0.39 is 35.9 Å². The van der Waals surface area contributed by atoms with Gasteiger partial charge in [0.1, 0.15) is 23.9 Å². The smallest absolute Gasteiger partial charge is 0.324 e. The molecule has 0 aromatic heterocycles. The number of hydrogen-bond donors (Lipinski definition) is 4. The number of carbonyl (C=O) groups excluding carboxylic acids is 4. The Morgan fingerprint density at radius 2 is 1.80 bits per heavy atom. The molecule has 2 heterocycles. The van der Waals surface area contributed by atoms with Gasteiger partial charge in [0, 0.05) is 19.4 Å². The zero-order chi connectivity index (χ0) is 28.9. The van der Waals surface area contributed by atoms with Gasteiger partial charge in [-0.2, -0.15) is 0 Å². The molecule has 10 heteroatoms. The third kappa shape index (κ3) is 9.82. The number of benzene rings is 1. The lowest BCUT2D eigenvalue weighted by atomic mass is 10.00. The molecule has 0 aliphatic carbocycles. The van der Waals surface area contributed by atoms with Crippen molar-refractivity contribution in [1.82, 2.24) is 21.1 Å². The number of rotatable bonds is 3. The van der Waals surface area contributed by atoms with Crippen LogP contribution in [0.2, 0.25) is 0 Å². The predicted molar refractivity (Wildman–Crippen MR) is 151 cm³/mol. The summed E-state index contributed by atoms with van der Waals surface area (Å²) in [5, 5.41) is 17.0. The van der Waals surface area contributed by atoms with Crippen LogP contribution in [0.1, 0.15) is 64.4 Å². The molecule has 2 bridgehead atoms. The summed E-state index contributed by atoms with van der Waals surface area (Å²) in [6.07, 6.45) is 12.2. The SMILES string of the molecule is CC(C)C1NC(=O)CCCCC=CC=CCCOC(=O)C2CCCN(N2)C(=O)C(Cc2cccc(O)c2)NC1=O. The molecule has 1 aromatic carbocycles. The summed E-state index contributed by atoms with van der Waals surface area (Å²) >= 11 is 0. The first-order chi connectivity index (χ1) is 19.2. The van der Waals surface area contributed by atoms with Gasteiger partial charge in [0.05, 0.1) is 6.61 Å². The molecule has 0 spiro atoms. The Morgan fingerprint density at radius 1 is 1.02 bits per heavy atom. The zero-order valence-corrected chi connectivity index (χ0v) is 23.4. The largest absolute Gasteiger partial charge is 0.508 e. The van der Waals surface area contributed by atoms with Crippen molar-refractivity contribution in [2.45, 2.75) is 83.3 Å². The molecule has 40 heavy (non-hydrogen) atoms. The van der Waals surface area contributed by atoms with Gasteiger partial charge in [-0.05, 0) is 62.1 Å². The Balaban J connectivity index is 1.83. The maximum absolute atomic E-state index is 13.7. The minimum atomic E-state index is -0.996. The van der Waals surface area contributed by atoms with Crippen LogP contribution in [0.3, 0.4) is 0 Å². The standard InChI is InChI=1S/C30H42N4O6/c1-21(2)27-28(37)31-25(20-22-13-11-14-23(35)19-22)29(38)34-17-12-15-24(33-34)30(39)40-18-10-8-6-4-3-5-7-9-16-26(36)32-27/h3-4,6,8,11,13-14,19,21,24-25,27,33,35H,5,7,9-10,12,15-18,20H2,1-2H3,(H,31,37)(H,32,36). The summed E-state index contributed by atoms with van der Waals surface area (Å²) in [4.78, 5) is 52.5. The van der Waals surface area contributed by atoms with Gasteiger partial charge in [0.25, 0.3) is 5.91 Å². The van der Waals surface area contributed by atoms with Crippen LogP contribution in [0.5, 0.6) is 5.75 Å². The van der Waals surface area contributed by atoms with Gasteiger partial charge in [-0.1, -0.05) is 50.3 Å². The monoisotopic (exact) mass is 554 g/mol. The van der Waals surface area contributed by atoms with Crippen LogP contribution in [-0.2, 0) is 30.3 Å². The molecule has 2 aliphatic rings. The van der Waals surface area contributed by atoms with Crippen LogP contribution in [0.25, 0.3) is 0 Å². The van der Waals surface area contributed by atoms with E-state index in [-0.39, 0.29) is 30.6 Å². The van der Waals surface area contributed by atoms with E-state index in [1.54, 1.807) is 12.1 Å². The molecule has 4 N–H and O–H groups in total. The molecule has 2 aliphatic heterocycles. The van der Waals surface area contributed by atoms with Gasteiger partial charge in [-0.3, -0.25) is 24.2 Å². The second-order valence-corrected chi connectivity index (χ2v) is 10.6. The Morgan fingerprint density at radius 3 is 2.55 bits per heavy atom. The summed E-state index contributed by atoms with van der Waals surface area (Å²) < 4.78 is 5.43. The van der Waals surface area contributed by atoms with Crippen LogP contribution >= 0.6 is 0 Å². The number of allylic oxidation sites excluding steroid dienone is 3. The quantitative estimate of drug-likeness (QED) is 0.422. The Hall–Kier alpha value is -3.66. The number of hydrazine groups is 1. The summed E-state index contributed by atoms with van der Waals surface area (Å²) in [7, 11) is 0. The highest BCUT2D eigenvalue weighted by Crippen LogP contribution is 2.16. The lowest BCUT2D eigenvalue weighted by Crippen LogP contribution is -2.62. The molecule has 0 saturated carbocycles. The molecule has 10 nitrogen and oxygen atoms in total. The van der Waals surface area contributed by atoms with Crippen LogP contribution in [0, 0.1) is 5.92 Å². The molecule has 3 unspecified atom stereocenters. The molecular formula is C30H42N4O6. The second kappa shape index (κ2) is 15.8. The van der Waals surface area contributed by atoms with Crippen molar-refractivity contribution in [2.75, 3.05) is 13.2 Å². The number of carbonyl (C=O) groups is 4. The van der Waals surface area contributed by atoms with Crippen LogP contribution in [0.4, 0.5) is 0 Å². The minimum absolute atomic E-state index is 0.0475. The zero-order valence-electron chi connectivity index (χ0n) is 23.4. The Bertz CT molecular complexity index is 1090. The van der Waals surface area contributed by atoms with E-state index in [0.717, 1.165) is 12.8 Å². The first-order valence-corrected chi connectivity index (χ1v) is 14.2. The number of phenols is 1. The van der Waals surface area contributed by atoms with Crippen molar-refractivity contribution < 1.29 is 29.0 Å². The number of ether oxygens (including phenoxy) is 1. The predicted octanol–water partition coefficient (Wildman–Crippen LogP) is 2.68. The van der Waals surface area contributed by atoms with Gasteiger partial charge in [0.2, 0.25) is 11.8 Å². The van der Waals surface area contributed by atoms with Gasteiger partial charge in [-0.15, -0.1) is 0 Å². The maximum Gasteiger partial charge on any atom is 0.324 e. The highest BCUT2D eigenvalue weighted by atomic mass is 16.5. The van der Waals surface area contributed by atoms with Crippen molar-refractivity contribution in [3.8, 4) is 5.75 Å². The average molecular weight is 555 g/mol. The van der Waals surface area contributed by atoms with Crippen molar-refractivity contribution >= 4 is 23.7 Å². The van der Waals surface area contributed by atoms with Crippen LogP contribution in [-0.4, -0.2) is 65.1 Å². The van der Waals surface area contributed by atoms with E-state index in [0.29, 0.717) is 44.2 Å². The van der Waals surface area contributed by atoms with E-state index in [9.17, 15) is 24.3 Å². The van der Waals surface area contributed by atoms with Crippen molar-refractivity contribution in [2.24, 2.45) is 5.92 Å². The van der Waals surface area contributed by atoms with E-state index in [4.69, 9.17) is 4.74 Å². The molecule has 3 rings (SSSR count). The molecule has 0 radical (unpaired) electrons. The lowest BCUT2D eigenvalue weighted by Gasteiger charge is -2.35. The first kappa shape index (κ1) is 30.9. The number of esters is 1. The van der Waals surface area contributed by atoms with E-state index in [1.807, 2.05) is 38.2 Å². The molecule has 1 saturated heterocycles. The van der Waals surface area contributed by atoms with Crippen molar-refractivity contribution in [1.29, 1.82) is 0 Å². The maximum atomic E-state index is 13.7. The Kier molecular flexibility index (Phi) is 12.2. The third-order valence-electron chi connectivity index (χ3n) is 6.90. The first-order valence-electron chi connectivity index (χ1n) is 14.2. The number of nitrogens with zero attached hydrogens (tertiary/aromatic N) is 1. The molecule has 3 atom stereocenters. The average Bonchev–Trinajstić information content (AvgIpc) is 2.93. The number of fused-ring (bicyclic) bond motifs is 2. The Labute approximate surface area is 236 Å². The molecule has 218 valence electrons. The number of aromatic hydroxyl groups is 1. The van der Waals surface area contributed by atoms with Crippen LogP contribution < -0.4 is 16.1 Å². The van der Waals surface area contributed by atoms with Crippen LogP contribution in [0.15, 0.2) is 48.6 Å². The fourth-order valence-electron chi connectivity index (χ4n) is 4.69. The summed E-state index contributed by atoms with van der Waals surface area (Å²) in [5.41, 5.74) is 3.64. The normalized spacial score (nSPS) is 24.5. The number of hydrogen-bond acceptors (Lipinski definition) is 7. The van der Waals surface area contributed by atoms with Gasteiger partial charge in [0.15, 0.2) is 0 Å². The van der Waals surface area contributed by atoms with Gasteiger partial charge < -0.3 is 20.5 Å². The lowest BCUT2D eigenvalue weighted by molar-refractivity contribution is -0.153. The molecule has 1 fully saturated rings. The van der Waals surface area contributed by atoms with Crippen molar-refractivity contribution in [3.63, 3.8) is 0 Å². The van der Waals surface area contributed by atoms with E-state index >= 15 is 0 Å². The molecular weight excluding hydrogens is 512 g/mol. The number of nitrogens with one attached hydrogen (secondary N) is 3. The minimum Gasteiger partial charge on any atom is -0.508 e. The molecule has 3 amide bonds. The van der Waals surface area contributed by atoms with Gasteiger partial charge >= 0.3 is 5.97 Å².